The smallest absolute Gasteiger partial charge is 0.289 e. The van der Waals surface area contributed by atoms with Crippen molar-refractivity contribution in [2.45, 2.75) is 6.54 Å². The molecule has 0 radical (unpaired) electrons. The van der Waals surface area contributed by atoms with Gasteiger partial charge in [-0.3, -0.25) is 4.79 Å². The molecule has 0 fully saturated rings. The highest BCUT2D eigenvalue weighted by molar-refractivity contribution is 7.17. The van der Waals surface area contributed by atoms with Crippen LogP contribution < -0.4 is 4.80 Å². The van der Waals surface area contributed by atoms with Crippen molar-refractivity contribution >= 4 is 49.6 Å². The van der Waals surface area contributed by atoms with Crippen LogP contribution in [-0.2, 0) is 6.54 Å². The third-order valence-corrected chi connectivity index (χ3v) is 5.74. The fraction of sp³-hybridized carbons (Fsp3) is 0.0526. The van der Waals surface area contributed by atoms with Crippen molar-refractivity contribution in [1.82, 2.24) is 4.57 Å². The van der Waals surface area contributed by atoms with Gasteiger partial charge in [0.2, 0.25) is 0 Å². The second-order valence-corrected chi connectivity index (χ2v) is 7.13. The summed E-state index contributed by atoms with van der Waals surface area (Å²) in [6.45, 7) is 0.384. The van der Waals surface area contributed by atoms with Crippen molar-refractivity contribution in [2.24, 2.45) is 4.99 Å². The predicted molar refractivity (Wildman–Crippen MR) is 100 cm³/mol. The van der Waals surface area contributed by atoms with Crippen molar-refractivity contribution in [2.75, 3.05) is 0 Å². The topological polar surface area (TPSA) is 34.4 Å². The first kappa shape index (κ1) is 14.9. The number of aromatic nitrogens is 1. The highest BCUT2D eigenvalue weighted by Gasteiger charge is 2.11. The largest absolute Gasteiger partial charge is 0.305 e. The first-order valence-corrected chi connectivity index (χ1v) is 9.04. The van der Waals surface area contributed by atoms with Gasteiger partial charge in [0.1, 0.15) is 0 Å². The standard InChI is InChI=1S/C19H12N2OS2/c1-2-11-21-15-10-9-13-6-3-4-7-14(13)17(15)24-19(21)20-18(22)16-8-5-12-23-16/h1,3-10,12H,11H2. The lowest BCUT2D eigenvalue weighted by molar-refractivity contribution is 0.100. The van der Waals surface area contributed by atoms with E-state index in [1.807, 2.05) is 34.2 Å². The number of amides is 1. The van der Waals surface area contributed by atoms with Gasteiger partial charge < -0.3 is 4.57 Å². The summed E-state index contributed by atoms with van der Waals surface area (Å²) in [6, 6.07) is 15.9. The Balaban J connectivity index is 2.01. The monoisotopic (exact) mass is 348 g/mol. The molecule has 24 heavy (non-hydrogen) atoms. The van der Waals surface area contributed by atoms with Gasteiger partial charge in [-0.05, 0) is 22.9 Å². The molecule has 0 N–H and O–H groups in total. The Morgan fingerprint density at radius 1 is 1.17 bits per heavy atom. The molecular weight excluding hydrogens is 336 g/mol. The molecule has 116 valence electrons. The molecule has 1 amide bonds. The first-order valence-electron chi connectivity index (χ1n) is 7.35. The number of fused-ring (bicyclic) bond motifs is 3. The van der Waals surface area contributed by atoms with Crippen LogP contribution in [-0.4, -0.2) is 10.5 Å². The summed E-state index contributed by atoms with van der Waals surface area (Å²) >= 11 is 2.89. The summed E-state index contributed by atoms with van der Waals surface area (Å²) in [6.07, 6.45) is 5.53. The molecule has 3 nitrogen and oxygen atoms in total. The minimum atomic E-state index is -0.230. The molecule has 0 atom stereocenters. The number of carbonyl (C=O) groups is 1. The van der Waals surface area contributed by atoms with E-state index in [1.165, 1.54) is 22.7 Å². The second-order valence-electron chi connectivity index (χ2n) is 5.20. The van der Waals surface area contributed by atoms with Crippen LogP contribution in [0.4, 0.5) is 0 Å². The molecule has 0 unspecified atom stereocenters. The van der Waals surface area contributed by atoms with E-state index in [-0.39, 0.29) is 5.91 Å². The molecule has 4 aromatic rings. The van der Waals surface area contributed by atoms with E-state index in [9.17, 15) is 4.79 Å². The van der Waals surface area contributed by atoms with Crippen molar-refractivity contribution in [3.63, 3.8) is 0 Å². The lowest BCUT2D eigenvalue weighted by atomic mass is 10.1. The second kappa shape index (κ2) is 6.08. The van der Waals surface area contributed by atoms with Gasteiger partial charge in [-0.25, -0.2) is 0 Å². The third-order valence-electron chi connectivity index (χ3n) is 3.75. The maximum atomic E-state index is 12.4. The summed E-state index contributed by atoms with van der Waals surface area (Å²) in [7, 11) is 0. The molecule has 0 bridgehead atoms. The van der Waals surface area contributed by atoms with Crippen molar-refractivity contribution in [3.8, 4) is 12.3 Å². The van der Waals surface area contributed by atoms with Gasteiger partial charge in [-0.2, -0.15) is 4.99 Å². The number of thiazole rings is 1. The minimum Gasteiger partial charge on any atom is -0.305 e. The van der Waals surface area contributed by atoms with Crippen molar-refractivity contribution in [1.29, 1.82) is 0 Å². The predicted octanol–water partition coefficient (Wildman–Crippen LogP) is 4.29. The van der Waals surface area contributed by atoms with E-state index in [1.54, 1.807) is 6.07 Å². The van der Waals surface area contributed by atoms with E-state index in [2.05, 4.69) is 29.1 Å². The minimum absolute atomic E-state index is 0.230. The molecule has 0 aliphatic rings. The van der Waals surface area contributed by atoms with E-state index < -0.39 is 0 Å². The Bertz CT molecular complexity index is 1160. The fourth-order valence-corrected chi connectivity index (χ4v) is 4.44. The number of rotatable bonds is 2. The Kier molecular flexibility index (Phi) is 3.77. The molecule has 0 aliphatic heterocycles. The van der Waals surface area contributed by atoms with Gasteiger partial charge in [0, 0.05) is 5.39 Å². The van der Waals surface area contributed by atoms with E-state index in [4.69, 9.17) is 6.42 Å². The zero-order valence-electron chi connectivity index (χ0n) is 12.6. The summed E-state index contributed by atoms with van der Waals surface area (Å²) < 4.78 is 3.03. The maximum Gasteiger partial charge on any atom is 0.289 e. The van der Waals surface area contributed by atoms with Crippen LogP contribution in [0, 0.1) is 12.3 Å². The fourth-order valence-electron chi connectivity index (χ4n) is 2.67. The van der Waals surface area contributed by atoms with Crippen LogP contribution in [0.25, 0.3) is 21.0 Å². The van der Waals surface area contributed by atoms with Crippen molar-refractivity contribution in [3.05, 3.63) is 63.6 Å². The average molecular weight is 348 g/mol. The summed E-state index contributed by atoms with van der Waals surface area (Å²) in [5.41, 5.74) is 1.01. The molecule has 5 heteroatoms. The van der Waals surface area contributed by atoms with E-state index in [0.717, 1.165) is 21.0 Å². The SMILES string of the molecule is C#CCn1c(=NC(=O)c2cccs2)sc2c3ccccc3ccc21. The van der Waals surface area contributed by atoms with Crippen LogP contribution in [0.5, 0.6) is 0 Å². The Labute approximate surface area is 146 Å². The van der Waals surface area contributed by atoms with Gasteiger partial charge in [-0.15, -0.1) is 17.8 Å². The van der Waals surface area contributed by atoms with Gasteiger partial charge in [-0.1, -0.05) is 53.7 Å². The molecule has 0 saturated heterocycles. The number of thiophene rings is 1. The molecular formula is C19H12N2OS2. The van der Waals surface area contributed by atoms with Crippen LogP contribution in [0.15, 0.2) is 58.9 Å². The zero-order chi connectivity index (χ0) is 16.5. The Hall–Kier alpha value is -2.68. The average Bonchev–Trinajstić information content (AvgIpc) is 3.24. The highest BCUT2D eigenvalue weighted by Crippen LogP contribution is 2.27. The number of nitrogens with zero attached hydrogens (tertiary/aromatic N) is 2. The van der Waals surface area contributed by atoms with E-state index >= 15 is 0 Å². The summed E-state index contributed by atoms with van der Waals surface area (Å²) in [5.74, 6) is 2.43. The van der Waals surface area contributed by atoms with Crippen LogP contribution in [0.3, 0.4) is 0 Å². The molecule has 0 spiro atoms. The van der Waals surface area contributed by atoms with E-state index in [0.29, 0.717) is 16.2 Å². The highest BCUT2D eigenvalue weighted by atomic mass is 32.1. The molecule has 2 aromatic carbocycles. The number of terminal acetylenes is 1. The lowest BCUT2D eigenvalue weighted by Gasteiger charge is -2.01. The summed E-state index contributed by atoms with van der Waals surface area (Å²) in [5, 5.41) is 4.18. The first-order chi connectivity index (χ1) is 11.8. The molecule has 2 heterocycles. The number of hydrogen-bond acceptors (Lipinski definition) is 3. The molecule has 0 aliphatic carbocycles. The third kappa shape index (κ3) is 2.46. The van der Waals surface area contributed by atoms with Crippen LogP contribution in [0.1, 0.15) is 9.67 Å². The van der Waals surface area contributed by atoms with Gasteiger partial charge in [0.25, 0.3) is 5.91 Å². The lowest BCUT2D eigenvalue weighted by Crippen LogP contribution is -2.16. The van der Waals surface area contributed by atoms with Gasteiger partial charge in [0.05, 0.1) is 21.6 Å². The van der Waals surface area contributed by atoms with Gasteiger partial charge >= 0.3 is 0 Å². The summed E-state index contributed by atoms with van der Waals surface area (Å²) in [4.78, 5) is 17.9. The molecule has 0 saturated carbocycles. The number of hydrogen-bond donors (Lipinski definition) is 0. The maximum absolute atomic E-state index is 12.4. The van der Waals surface area contributed by atoms with Gasteiger partial charge in [0.15, 0.2) is 4.80 Å². The zero-order valence-corrected chi connectivity index (χ0v) is 14.2. The normalized spacial score (nSPS) is 11.9. The van der Waals surface area contributed by atoms with Crippen LogP contribution >= 0.6 is 22.7 Å². The quantitative estimate of drug-likeness (QED) is 0.498. The van der Waals surface area contributed by atoms with Crippen molar-refractivity contribution < 1.29 is 4.79 Å². The molecule has 2 aromatic heterocycles. The molecule has 4 rings (SSSR count). The van der Waals surface area contributed by atoms with Crippen LogP contribution in [0.2, 0.25) is 0 Å². The Morgan fingerprint density at radius 2 is 2.04 bits per heavy atom. The Morgan fingerprint density at radius 3 is 2.83 bits per heavy atom. The number of carbonyl (C=O) groups excluding carboxylic acids is 1. The number of benzene rings is 2.